The fourth-order valence-corrected chi connectivity index (χ4v) is 3.29. The van der Waals surface area contributed by atoms with E-state index in [0.717, 1.165) is 20.8 Å². The van der Waals surface area contributed by atoms with Crippen LogP contribution in [0.15, 0.2) is 54.6 Å². The summed E-state index contributed by atoms with van der Waals surface area (Å²) in [6, 6.07) is 17.3. The Labute approximate surface area is 144 Å². The Balaban J connectivity index is 1.42. The van der Waals surface area contributed by atoms with Crippen LogP contribution in [0.1, 0.15) is 10.6 Å². The number of nitrogens with one attached hydrogen (secondary N) is 2. The molecule has 2 amide bonds. The SMILES string of the molecule is O=C(NCc1nc2ccccc2s1)NCC(O)Cc1ccccc1. The molecule has 0 saturated heterocycles. The van der Waals surface area contributed by atoms with Crippen LogP contribution in [0.25, 0.3) is 10.2 Å². The van der Waals surface area contributed by atoms with Crippen LogP contribution in [-0.4, -0.2) is 28.8 Å². The summed E-state index contributed by atoms with van der Waals surface area (Å²) in [7, 11) is 0. The topological polar surface area (TPSA) is 74.2 Å². The van der Waals surface area contributed by atoms with Crippen molar-refractivity contribution in [3.05, 3.63) is 65.2 Å². The number of thiazole rings is 1. The molecule has 2 aromatic carbocycles. The van der Waals surface area contributed by atoms with E-state index in [1.54, 1.807) is 11.3 Å². The number of benzene rings is 2. The summed E-state index contributed by atoms with van der Waals surface area (Å²) in [6.07, 6.45) is -0.0977. The highest BCUT2D eigenvalue weighted by molar-refractivity contribution is 7.18. The highest BCUT2D eigenvalue weighted by atomic mass is 32.1. The molecule has 5 nitrogen and oxygen atoms in total. The van der Waals surface area contributed by atoms with Crippen molar-refractivity contribution < 1.29 is 9.90 Å². The standard InChI is InChI=1S/C18H19N3O2S/c22-14(10-13-6-2-1-3-7-13)11-19-18(23)20-12-17-21-15-8-4-5-9-16(15)24-17/h1-9,14,22H,10-12H2,(H2,19,20,23). The Kier molecular flexibility index (Phi) is 5.40. The third kappa shape index (κ3) is 4.53. The summed E-state index contributed by atoms with van der Waals surface area (Å²) < 4.78 is 1.10. The summed E-state index contributed by atoms with van der Waals surface area (Å²) in [4.78, 5) is 16.3. The van der Waals surface area contributed by atoms with Gasteiger partial charge in [0.25, 0.3) is 0 Å². The maximum Gasteiger partial charge on any atom is 0.315 e. The largest absolute Gasteiger partial charge is 0.391 e. The summed E-state index contributed by atoms with van der Waals surface area (Å²) >= 11 is 1.56. The number of aliphatic hydroxyl groups excluding tert-OH is 1. The molecule has 0 aliphatic rings. The Bertz CT molecular complexity index is 771. The van der Waals surface area contributed by atoms with Gasteiger partial charge in [-0.25, -0.2) is 9.78 Å². The van der Waals surface area contributed by atoms with E-state index < -0.39 is 6.10 Å². The van der Waals surface area contributed by atoms with Crippen molar-refractivity contribution in [2.75, 3.05) is 6.54 Å². The van der Waals surface area contributed by atoms with Crippen molar-refractivity contribution in [2.45, 2.75) is 19.1 Å². The van der Waals surface area contributed by atoms with Crippen LogP contribution in [0.5, 0.6) is 0 Å². The highest BCUT2D eigenvalue weighted by Gasteiger charge is 2.09. The lowest BCUT2D eigenvalue weighted by atomic mass is 10.1. The molecule has 0 saturated carbocycles. The lowest BCUT2D eigenvalue weighted by Crippen LogP contribution is -2.39. The monoisotopic (exact) mass is 341 g/mol. The third-order valence-corrected chi connectivity index (χ3v) is 4.59. The van der Waals surface area contributed by atoms with Crippen LogP contribution < -0.4 is 10.6 Å². The normalized spacial score (nSPS) is 12.0. The minimum atomic E-state index is -0.611. The summed E-state index contributed by atoms with van der Waals surface area (Å²) in [5, 5.41) is 16.3. The number of nitrogens with zero attached hydrogens (tertiary/aromatic N) is 1. The first-order valence-electron chi connectivity index (χ1n) is 7.79. The molecule has 1 unspecified atom stereocenters. The zero-order chi connectivity index (χ0) is 16.8. The second-order valence-electron chi connectivity index (χ2n) is 5.48. The molecule has 3 rings (SSSR count). The van der Waals surface area contributed by atoms with Crippen molar-refractivity contribution in [1.82, 2.24) is 15.6 Å². The molecule has 0 radical (unpaired) electrons. The molecule has 124 valence electrons. The third-order valence-electron chi connectivity index (χ3n) is 3.55. The van der Waals surface area contributed by atoms with Crippen molar-refractivity contribution in [3.8, 4) is 0 Å². The van der Waals surface area contributed by atoms with Crippen molar-refractivity contribution >= 4 is 27.6 Å². The fourth-order valence-electron chi connectivity index (χ4n) is 2.38. The van der Waals surface area contributed by atoms with E-state index in [4.69, 9.17) is 0 Å². The van der Waals surface area contributed by atoms with Gasteiger partial charge in [0.2, 0.25) is 0 Å². The van der Waals surface area contributed by atoms with E-state index in [1.807, 2.05) is 54.6 Å². The molecule has 0 bridgehead atoms. The number of para-hydroxylation sites is 1. The van der Waals surface area contributed by atoms with Crippen molar-refractivity contribution in [1.29, 1.82) is 0 Å². The Morgan fingerprint density at radius 2 is 1.83 bits per heavy atom. The number of hydrogen-bond donors (Lipinski definition) is 3. The van der Waals surface area contributed by atoms with Crippen molar-refractivity contribution in [3.63, 3.8) is 0 Å². The van der Waals surface area contributed by atoms with Crippen molar-refractivity contribution in [2.24, 2.45) is 0 Å². The van der Waals surface area contributed by atoms with E-state index in [9.17, 15) is 9.90 Å². The van der Waals surface area contributed by atoms with Crippen LogP contribution in [0.4, 0.5) is 4.79 Å². The maximum absolute atomic E-state index is 11.8. The maximum atomic E-state index is 11.8. The highest BCUT2D eigenvalue weighted by Crippen LogP contribution is 2.21. The van der Waals surface area contributed by atoms with Gasteiger partial charge in [-0.05, 0) is 17.7 Å². The number of rotatable bonds is 6. The Morgan fingerprint density at radius 1 is 1.08 bits per heavy atom. The lowest BCUT2D eigenvalue weighted by Gasteiger charge is -2.12. The second-order valence-corrected chi connectivity index (χ2v) is 6.60. The Morgan fingerprint density at radius 3 is 2.62 bits per heavy atom. The molecule has 3 aromatic rings. The molecule has 0 aliphatic heterocycles. The number of fused-ring (bicyclic) bond motifs is 1. The predicted octanol–water partition coefficient (Wildman–Crippen LogP) is 2.70. The van der Waals surface area contributed by atoms with Crippen LogP contribution in [0.2, 0.25) is 0 Å². The molecule has 0 spiro atoms. The van der Waals surface area contributed by atoms with E-state index >= 15 is 0 Å². The molecule has 24 heavy (non-hydrogen) atoms. The first-order chi connectivity index (χ1) is 11.7. The number of urea groups is 1. The fraction of sp³-hybridized carbons (Fsp3) is 0.222. The molecule has 3 N–H and O–H groups in total. The lowest BCUT2D eigenvalue weighted by molar-refractivity contribution is 0.170. The van der Waals surface area contributed by atoms with Gasteiger partial charge in [-0.3, -0.25) is 0 Å². The average molecular weight is 341 g/mol. The molecule has 1 atom stereocenters. The van der Waals surface area contributed by atoms with Gasteiger partial charge >= 0.3 is 6.03 Å². The van der Waals surface area contributed by atoms with E-state index in [0.29, 0.717) is 13.0 Å². The number of aromatic nitrogens is 1. The minimum Gasteiger partial charge on any atom is -0.391 e. The molecule has 1 heterocycles. The number of amides is 2. The summed E-state index contributed by atoms with van der Waals surface area (Å²) in [5.41, 5.74) is 1.99. The van der Waals surface area contributed by atoms with Crippen LogP contribution in [0, 0.1) is 0 Å². The molecule has 0 fully saturated rings. The van der Waals surface area contributed by atoms with Crippen LogP contribution in [0.3, 0.4) is 0 Å². The van der Waals surface area contributed by atoms with E-state index in [2.05, 4.69) is 15.6 Å². The first kappa shape index (κ1) is 16.4. The van der Waals surface area contributed by atoms with E-state index in [-0.39, 0.29) is 12.6 Å². The smallest absolute Gasteiger partial charge is 0.315 e. The molecule has 1 aromatic heterocycles. The van der Waals surface area contributed by atoms with Gasteiger partial charge in [0.1, 0.15) is 5.01 Å². The summed E-state index contributed by atoms with van der Waals surface area (Å²) in [6.45, 7) is 0.584. The number of aliphatic hydroxyl groups is 1. The molecular weight excluding hydrogens is 322 g/mol. The molecule has 6 heteroatoms. The summed E-state index contributed by atoms with van der Waals surface area (Å²) in [5.74, 6) is 0. The van der Waals surface area contributed by atoms with Gasteiger partial charge in [0, 0.05) is 13.0 Å². The molecular formula is C18H19N3O2S. The average Bonchev–Trinajstić information content (AvgIpc) is 3.02. The Hall–Kier alpha value is -2.44. The van der Waals surface area contributed by atoms with Crippen LogP contribution in [-0.2, 0) is 13.0 Å². The molecule has 0 aliphatic carbocycles. The van der Waals surface area contributed by atoms with Gasteiger partial charge in [-0.15, -0.1) is 11.3 Å². The predicted molar refractivity (Wildman–Crippen MR) is 96.0 cm³/mol. The number of carbonyl (C=O) groups excluding carboxylic acids is 1. The van der Waals surface area contributed by atoms with Gasteiger partial charge in [0.05, 0.1) is 22.9 Å². The zero-order valence-electron chi connectivity index (χ0n) is 13.1. The minimum absolute atomic E-state index is 0.209. The second kappa shape index (κ2) is 7.90. The zero-order valence-corrected chi connectivity index (χ0v) is 13.9. The number of hydrogen-bond acceptors (Lipinski definition) is 4. The first-order valence-corrected chi connectivity index (χ1v) is 8.60. The quantitative estimate of drug-likeness (QED) is 0.645. The van der Waals surface area contributed by atoms with E-state index in [1.165, 1.54) is 0 Å². The van der Waals surface area contributed by atoms with Gasteiger partial charge in [-0.2, -0.15) is 0 Å². The van der Waals surface area contributed by atoms with Gasteiger partial charge in [0.15, 0.2) is 0 Å². The van der Waals surface area contributed by atoms with Gasteiger partial charge in [-0.1, -0.05) is 42.5 Å². The number of carbonyl (C=O) groups is 1. The van der Waals surface area contributed by atoms with Gasteiger partial charge < -0.3 is 15.7 Å². The van der Waals surface area contributed by atoms with Crippen LogP contribution >= 0.6 is 11.3 Å².